The van der Waals surface area contributed by atoms with Crippen LogP contribution in [0.15, 0.2) is 18.2 Å². The fourth-order valence-corrected chi connectivity index (χ4v) is 3.85. The van der Waals surface area contributed by atoms with Crippen LogP contribution in [0.4, 0.5) is 4.79 Å². The number of urea groups is 1. The van der Waals surface area contributed by atoms with Crippen LogP contribution in [-0.2, 0) is 4.79 Å². The lowest BCUT2D eigenvalue weighted by Crippen LogP contribution is -2.57. The fraction of sp³-hybridized carbons (Fsp3) is 0.632. The van der Waals surface area contributed by atoms with Crippen LogP contribution in [0, 0.1) is 6.92 Å². The van der Waals surface area contributed by atoms with Crippen molar-refractivity contribution in [2.45, 2.75) is 58.0 Å². The highest BCUT2D eigenvalue weighted by molar-refractivity contribution is 5.85. The second kappa shape index (κ2) is 7.85. The summed E-state index contributed by atoms with van der Waals surface area (Å²) in [5, 5.41) is 3.04. The summed E-state index contributed by atoms with van der Waals surface area (Å²) in [6.07, 6.45) is 5.39. The van der Waals surface area contributed by atoms with Gasteiger partial charge < -0.3 is 15.1 Å². The van der Waals surface area contributed by atoms with Gasteiger partial charge in [0.15, 0.2) is 0 Å². The number of carbonyl (C=O) groups excluding carboxylic acids is 2. The predicted octanol–water partition coefficient (Wildman–Crippen LogP) is 2.64. The van der Waals surface area contributed by atoms with Crippen LogP contribution in [-0.4, -0.2) is 52.4 Å². The van der Waals surface area contributed by atoms with E-state index in [1.807, 2.05) is 36.9 Å². The molecule has 1 aromatic rings. The maximum Gasteiger partial charge on any atom is 0.318 e. The van der Waals surface area contributed by atoms with Crippen LogP contribution in [0.25, 0.3) is 0 Å². The molecule has 2 aliphatic rings. The summed E-state index contributed by atoms with van der Waals surface area (Å²) < 4.78 is 0. The molecule has 0 bridgehead atoms. The van der Waals surface area contributed by atoms with Gasteiger partial charge in [0, 0.05) is 24.8 Å². The first-order valence-corrected chi connectivity index (χ1v) is 9.37. The average Bonchev–Trinajstić information content (AvgIpc) is 3.13. The molecule has 1 aliphatic heterocycles. The number of amides is 3. The van der Waals surface area contributed by atoms with Crippen molar-refractivity contribution in [3.8, 4) is 0 Å². The molecule has 0 radical (unpaired) electrons. The first-order chi connectivity index (χ1) is 12.1. The first kappa shape index (κ1) is 17.7. The quantitative estimate of drug-likeness (QED) is 0.913. The molecular formula is C19H28N4O2. The highest BCUT2D eigenvalue weighted by atomic mass is 16.2. The molecule has 0 aromatic carbocycles. The van der Waals surface area contributed by atoms with Gasteiger partial charge in [0.1, 0.15) is 6.54 Å². The van der Waals surface area contributed by atoms with Crippen LogP contribution in [0.3, 0.4) is 0 Å². The molecule has 2 fully saturated rings. The first-order valence-electron chi connectivity index (χ1n) is 9.37. The van der Waals surface area contributed by atoms with Crippen molar-refractivity contribution in [1.82, 2.24) is 20.1 Å². The van der Waals surface area contributed by atoms with E-state index in [4.69, 9.17) is 0 Å². The second-order valence-electron chi connectivity index (χ2n) is 7.06. The molecule has 1 N–H and O–H groups in total. The molecule has 1 saturated heterocycles. The van der Waals surface area contributed by atoms with Gasteiger partial charge >= 0.3 is 6.03 Å². The number of nitrogens with zero attached hydrogens (tertiary/aromatic N) is 3. The van der Waals surface area contributed by atoms with Crippen molar-refractivity contribution >= 4 is 11.9 Å². The van der Waals surface area contributed by atoms with Crippen molar-refractivity contribution in [3.63, 3.8) is 0 Å². The zero-order valence-electron chi connectivity index (χ0n) is 15.2. The van der Waals surface area contributed by atoms with Gasteiger partial charge in [-0.1, -0.05) is 25.8 Å². The monoisotopic (exact) mass is 344 g/mol. The van der Waals surface area contributed by atoms with Crippen molar-refractivity contribution in [1.29, 1.82) is 0 Å². The minimum absolute atomic E-state index is 0.0787. The third-order valence-electron chi connectivity index (χ3n) is 5.28. The van der Waals surface area contributed by atoms with Gasteiger partial charge in [-0.05, 0) is 38.3 Å². The van der Waals surface area contributed by atoms with Crippen molar-refractivity contribution in [3.05, 3.63) is 29.6 Å². The molecule has 1 atom stereocenters. The Morgan fingerprint density at radius 2 is 2.08 bits per heavy atom. The maximum atomic E-state index is 12.6. The highest BCUT2D eigenvalue weighted by Crippen LogP contribution is 2.25. The molecule has 1 aromatic heterocycles. The van der Waals surface area contributed by atoms with Gasteiger partial charge in [0.05, 0.1) is 11.7 Å². The number of piperazine rings is 1. The van der Waals surface area contributed by atoms with E-state index in [-0.39, 0.29) is 24.5 Å². The Labute approximate surface area is 149 Å². The topological polar surface area (TPSA) is 65.5 Å². The lowest BCUT2D eigenvalue weighted by atomic mass is 10.1. The summed E-state index contributed by atoms with van der Waals surface area (Å²) in [6, 6.07) is 5.92. The number of carbonyl (C=O) groups is 2. The van der Waals surface area contributed by atoms with E-state index in [2.05, 4.69) is 10.3 Å². The smallest absolute Gasteiger partial charge is 0.318 e. The van der Waals surface area contributed by atoms with Gasteiger partial charge in [-0.15, -0.1) is 0 Å². The van der Waals surface area contributed by atoms with Crippen LogP contribution in [0.2, 0.25) is 0 Å². The molecule has 25 heavy (non-hydrogen) atoms. The number of pyridine rings is 1. The molecule has 2 heterocycles. The Morgan fingerprint density at radius 3 is 2.72 bits per heavy atom. The van der Waals surface area contributed by atoms with Gasteiger partial charge in [-0.3, -0.25) is 9.78 Å². The van der Waals surface area contributed by atoms with Crippen LogP contribution < -0.4 is 5.32 Å². The van der Waals surface area contributed by atoms with E-state index in [1.54, 1.807) is 4.90 Å². The van der Waals surface area contributed by atoms with E-state index in [1.165, 1.54) is 12.8 Å². The van der Waals surface area contributed by atoms with E-state index < -0.39 is 0 Å². The predicted molar refractivity (Wildman–Crippen MR) is 96.1 cm³/mol. The minimum atomic E-state index is -0.172. The molecule has 136 valence electrons. The SMILES string of the molecule is CCC(NC(=O)N1CCN(C2CCCC2)C(=O)C1)c1cccc(C)n1. The zero-order valence-corrected chi connectivity index (χ0v) is 15.2. The number of nitrogens with one attached hydrogen (secondary N) is 1. The third kappa shape index (κ3) is 4.11. The fourth-order valence-electron chi connectivity index (χ4n) is 3.85. The second-order valence-corrected chi connectivity index (χ2v) is 7.06. The van der Waals surface area contributed by atoms with Crippen molar-refractivity contribution in [2.24, 2.45) is 0 Å². The molecule has 1 saturated carbocycles. The largest absolute Gasteiger partial charge is 0.336 e. The van der Waals surface area contributed by atoms with Gasteiger partial charge in [0.25, 0.3) is 0 Å². The lowest BCUT2D eigenvalue weighted by molar-refractivity contribution is -0.137. The van der Waals surface area contributed by atoms with E-state index in [9.17, 15) is 9.59 Å². The summed E-state index contributed by atoms with van der Waals surface area (Å²) in [5.74, 6) is 0.0787. The standard InChI is InChI=1S/C19H28N4O2/c1-3-16(17-10-6-7-14(2)20-17)21-19(25)22-11-12-23(18(24)13-22)15-8-4-5-9-15/h6-7,10,15-16H,3-5,8-9,11-13H2,1-2H3,(H,21,25). The normalized spacial score (nSPS) is 20.0. The van der Waals surface area contributed by atoms with Crippen LogP contribution in [0.5, 0.6) is 0 Å². The molecule has 3 rings (SSSR count). The number of aromatic nitrogens is 1. The molecule has 6 nitrogen and oxygen atoms in total. The molecule has 1 unspecified atom stereocenters. The van der Waals surface area contributed by atoms with Gasteiger partial charge in [-0.25, -0.2) is 4.79 Å². The number of hydrogen-bond acceptors (Lipinski definition) is 3. The van der Waals surface area contributed by atoms with E-state index in [0.717, 1.165) is 30.7 Å². The summed E-state index contributed by atoms with van der Waals surface area (Å²) in [5.41, 5.74) is 1.80. The number of hydrogen-bond donors (Lipinski definition) is 1. The number of aryl methyl sites for hydroxylation is 1. The third-order valence-corrected chi connectivity index (χ3v) is 5.28. The molecule has 1 aliphatic carbocycles. The van der Waals surface area contributed by atoms with Gasteiger partial charge in [0.2, 0.25) is 5.91 Å². The molecule has 0 spiro atoms. The summed E-state index contributed by atoms with van der Waals surface area (Å²) >= 11 is 0. The minimum Gasteiger partial charge on any atom is -0.336 e. The number of rotatable bonds is 4. The lowest BCUT2D eigenvalue weighted by Gasteiger charge is -2.38. The molecule has 3 amide bonds. The Kier molecular flexibility index (Phi) is 5.56. The van der Waals surface area contributed by atoms with Crippen molar-refractivity contribution in [2.75, 3.05) is 19.6 Å². The summed E-state index contributed by atoms with van der Waals surface area (Å²) in [7, 11) is 0. The maximum absolute atomic E-state index is 12.6. The Morgan fingerprint density at radius 1 is 1.32 bits per heavy atom. The molecular weight excluding hydrogens is 316 g/mol. The van der Waals surface area contributed by atoms with E-state index >= 15 is 0 Å². The Hall–Kier alpha value is -2.11. The summed E-state index contributed by atoms with van der Waals surface area (Å²) in [4.78, 5) is 33.2. The summed E-state index contributed by atoms with van der Waals surface area (Å²) in [6.45, 7) is 5.40. The van der Waals surface area contributed by atoms with Crippen LogP contribution >= 0.6 is 0 Å². The zero-order chi connectivity index (χ0) is 17.8. The molecule has 6 heteroatoms. The van der Waals surface area contributed by atoms with E-state index in [0.29, 0.717) is 19.1 Å². The van der Waals surface area contributed by atoms with Crippen molar-refractivity contribution < 1.29 is 9.59 Å². The van der Waals surface area contributed by atoms with Gasteiger partial charge in [-0.2, -0.15) is 0 Å². The Balaban J connectivity index is 1.58. The van der Waals surface area contributed by atoms with Crippen LogP contribution in [0.1, 0.15) is 56.5 Å². The average molecular weight is 344 g/mol. The Bertz CT molecular complexity index is 628. The highest BCUT2D eigenvalue weighted by Gasteiger charge is 2.33.